The van der Waals surface area contributed by atoms with Crippen molar-refractivity contribution in [1.29, 1.82) is 0 Å². The third-order valence-corrected chi connectivity index (χ3v) is 3.04. The first-order chi connectivity index (χ1) is 6.59. The zero-order valence-corrected chi connectivity index (χ0v) is 8.92. The van der Waals surface area contributed by atoms with Crippen LogP contribution in [0.15, 0.2) is 12.1 Å². The molecule has 1 aliphatic rings. The average molecular weight is 189 g/mol. The summed E-state index contributed by atoms with van der Waals surface area (Å²) in [5.74, 6) is 0.223. The first-order valence-electron chi connectivity index (χ1n) is 4.96. The molecule has 0 N–H and O–H groups in total. The number of hydrogen-bond donors (Lipinski definition) is 0. The molecule has 1 heterocycles. The number of amides is 1. The summed E-state index contributed by atoms with van der Waals surface area (Å²) in [4.78, 5) is 13.2. The van der Waals surface area contributed by atoms with Crippen molar-refractivity contribution in [2.45, 2.75) is 26.7 Å². The molecule has 2 rings (SSSR count). The first kappa shape index (κ1) is 9.25. The van der Waals surface area contributed by atoms with Gasteiger partial charge < -0.3 is 4.90 Å². The van der Waals surface area contributed by atoms with Gasteiger partial charge in [-0.05, 0) is 43.0 Å². The summed E-state index contributed by atoms with van der Waals surface area (Å²) in [5.41, 5.74) is 4.95. The van der Waals surface area contributed by atoms with Gasteiger partial charge in [0.2, 0.25) is 5.91 Å². The van der Waals surface area contributed by atoms with Crippen molar-refractivity contribution in [2.75, 3.05) is 11.9 Å². The lowest BCUT2D eigenvalue weighted by atomic mass is 9.97. The van der Waals surface area contributed by atoms with Gasteiger partial charge in [0.15, 0.2) is 0 Å². The van der Waals surface area contributed by atoms with Crippen molar-refractivity contribution in [3.8, 4) is 0 Å². The molecular formula is C12H15NO. The van der Waals surface area contributed by atoms with Crippen molar-refractivity contribution in [1.82, 2.24) is 0 Å². The van der Waals surface area contributed by atoms with Gasteiger partial charge in [-0.15, -0.1) is 0 Å². The van der Waals surface area contributed by atoms with E-state index in [0.717, 1.165) is 12.1 Å². The zero-order chi connectivity index (χ0) is 10.3. The van der Waals surface area contributed by atoms with E-state index in [1.54, 1.807) is 4.90 Å². The van der Waals surface area contributed by atoms with Crippen molar-refractivity contribution < 1.29 is 4.79 Å². The number of rotatable bonds is 0. The predicted octanol–water partition coefficient (Wildman–Crippen LogP) is 2.21. The molecule has 0 spiro atoms. The molecular weight excluding hydrogens is 174 g/mol. The van der Waals surface area contributed by atoms with Crippen LogP contribution in [-0.4, -0.2) is 13.0 Å². The lowest BCUT2D eigenvalue weighted by molar-refractivity contribution is -0.118. The predicted molar refractivity (Wildman–Crippen MR) is 57.6 cm³/mol. The quantitative estimate of drug-likeness (QED) is 0.612. The lowest BCUT2D eigenvalue weighted by Gasteiger charge is -2.26. The van der Waals surface area contributed by atoms with Crippen LogP contribution in [0.4, 0.5) is 5.69 Å². The standard InChI is InChI=1S/C12H15NO/c1-8-6-10-4-5-12(14)13(3)11(10)7-9(8)2/h6-7H,4-5H2,1-3H3. The van der Waals surface area contributed by atoms with Gasteiger partial charge in [-0.1, -0.05) is 6.07 Å². The Bertz CT molecular complexity index is 396. The molecule has 0 fully saturated rings. The van der Waals surface area contributed by atoms with E-state index in [1.807, 2.05) is 7.05 Å². The highest BCUT2D eigenvalue weighted by atomic mass is 16.2. The van der Waals surface area contributed by atoms with E-state index in [4.69, 9.17) is 0 Å². The van der Waals surface area contributed by atoms with Crippen LogP contribution in [0.1, 0.15) is 23.1 Å². The molecule has 2 nitrogen and oxygen atoms in total. The Morgan fingerprint density at radius 2 is 1.79 bits per heavy atom. The zero-order valence-electron chi connectivity index (χ0n) is 8.92. The number of aryl methyl sites for hydroxylation is 3. The van der Waals surface area contributed by atoms with E-state index >= 15 is 0 Å². The Morgan fingerprint density at radius 1 is 1.14 bits per heavy atom. The number of benzene rings is 1. The van der Waals surface area contributed by atoms with Gasteiger partial charge in [-0.2, -0.15) is 0 Å². The molecule has 0 bridgehead atoms. The molecule has 74 valence electrons. The van der Waals surface area contributed by atoms with Gasteiger partial charge in [0.1, 0.15) is 0 Å². The van der Waals surface area contributed by atoms with Gasteiger partial charge in [0, 0.05) is 19.2 Å². The van der Waals surface area contributed by atoms with E-state index in [-0.39, 0.29) is 5.91 Å². The maximum atomic E-state index is 11.5. The highest BCUT2D eigenvalue weighted by Gasteiger charge is 2.20. The second kappa shape index (κ2) is 3.12. The lowest BCUT2D eigenvalue weighted by Crippen LogP contribution is -2.31. The van der Waals surface area contributed by atoms with Crippen LogP contribution in [0.5, 0.6) is 0 Å². The summed E-state index contributed by atoms with van der Waals surface area (Å²) < 4.78 is 0. The summed E-state index contributed by atoms with van der Waals surface area (Å²) in [6.07, 6.45) is 1.53. The maximum absolute atomic E-state index is 11.5. The van der Waals surface area contributed by atoms with Gasteiger partial charge in [0.25, 0.3) is 0 Å². The SMILES string of the molecule is Cc1cc2c(cc1C)N(C)C(=O)CC2. The van der Waals surface area contributed by atoms with Crippen LogP contribution < -0.4 is 4.90 Å². The minimum atomic E-state index is 0.223. The third kappa shape index (κ3) is 1.31. The number of carbonyl (C=O) groups excluding carboxylic acids is 1. The van der Waals surface area contributed by atoms with Crippen LogP contribution in [0, 0.1) is 13.8 Å². The smallest absolute Gasteiger partial charge is 0.227 e. The molecule has 0 saturated heterocycles. The van der Waals surface area contributed by atoms with Crippen molar-refractivity contribution in [2.24, 2.45) is 0 Å². The first-order valence-corrected chi connectivity index (χ1v) is 4.96. The second-order valence-corrected chi connectivity index (χ2v) is 4.02. The molecule has 1 aromatic rings. The third-order valence-electron chi connectivity index (χ3n) is 3.04. The Labute approximate surface area is 84.5 Å². The van der Waals surface area contributed by atoms with Gasteiger partial charge >= 0.3 is 0 Å². The van der Waals surface area contributed by atoms with Crippen LogP contribution in [0.25, 0.3) is 0 Å². The normalized spacial score (nSPS) is 15.6. The molecule has 0 saturated carbocycles. The van der Waals surface area contributed by atoms with Crippen molar-refractivity contribution in [3.05, 3.63) is 28.8 Å². The fourth-order valence-corrected chi connectivity index (χ4v) is 1.92. The molecule has 0 atom stereocenters. The van der Waals surface area contributed by atoms with E-state index < -0.39 is 0 Å². The van der Waals surface area contributed by atoms with Gasteiger partial charge in [0.05, 0.1) is 0 Å². The highest BCUT2D eigenvalue weighted by Crippen LogP contribution is 2.29. The summed E-state index contributed by atoms with van der Waals surface area (Å²) in [6, 6.07) is 4.31. The highest BCUT2D eigenvalue weighted by molar-refractivity contribution is 5.96. The van der Waals surface area contributed by atoms with Gasteiger partial charge in [-0.3, -0.25) is 4.79 Å². The molecule has 0 aliphatic carbocycles. The summed E-state index contributed by atoms with van der Waals surface area (Å²) in [6.45, 7) is 4.20. The molecule has 1 aliphatic heterocycles. The van der Waals surface area contributed by atoms with Gasteiger partial charge in [-0.25, -0.2) is 0 Å². The van der Waals surface area contributed by atoms with E-state index in [1.165, 1.54) is 16.7 Å². The maximum Gasteiger partial charge on any atom is 0.227 e. The van der Waals surface area contributed by atoms with Crippen LogP contribution >= 0.6 is 0 Å². The molecule has 0 radical (unpaired) electrons. The fourth-order valence-electron chi connectivity index (χ4n) is 1.92. The molecule has 14 heavy (non-hydrogen) atoms. The number of anilines is 1. The monoisotopic (exact) mass is 189 g/mol. The minimum Gasteiger partial charge on any atom is -0.315 e. The van der Waals surface area contributed by atoms with Crippen molar-refractivity contribution >= 4 is 11.6 Å². The molecule has 0 aromatic heterocycles. The molecule has 1 aromatic carbocycles. The Kier molecular flexibility index (Phi) is 2.06. The van der Waals surface area contributed by atoms with E-state index in [0.29, 0.717) is 6.42 Å². The summed E-state index contributed by atoms with van der Waals surface area (Å²) in [7, 11) is 1.86. The van der Waals surface area contributed by atoms with Crippen LogP contribution in [0.2, 0.25) is 0 Å². The number of nitrogens with zero attached hydrogens (tertiary/aromatic N) is 1. The van der Waals surface area contributed by atoms with E-state index in [9.17, 15) is 4.79 Å². The molecule has 2 heteroatoms. The Balaban J connectivity index is 2.55. The van der Waals surface area contributed by atoms with Crippen LogP contribution in [0.3, 0.4) is 0 Å². The largest absolute Gasteiger partial charge is 0.315 e. The number of hydrogen-bond acceptors (Lipinski definition) is 1. The summed E-state index contributed by atoms with van der Waals surface area (Å²) >= 11 is 0. The minimum absolute atomic E-state index is 0.223. The molecule has 1 amide bonds. The summed E-state index contributed by atoms with van der Waals surface area (Å²) in [5, 5.41) is 0. The topological polar surface area (TPSA) is 20.3 Å². The second-order valence-electron chi connectivity index (χ2n) is 4.02. The fraction of sp³-hybridized carbons (Fsp3) is 0.417. The van der Waals surface area contributed by atoms with Crippen molar-refractivity contribution in [3.63, 3.8) is 0 Å². The molecule has 0 unspecified atom stereocenters. The van der Waals surface area contributed by atoms with E-state index in [2.05, 4.69) is 26.0 Å². The Morgan fingerprint density at radius 3 is 2.50 bits per heavy atom. The van der Waals surface area contributed by atoms with Crippen LogP contribution in [-0.2, 0) is 11.2 Å². The Hall–Kier alpha value is -1.31. The number of carbonyl (C=O) groups is 1. The average Bonchev–Trinajstić information content (AvgIpc) is 2.15. The number of fused-ring (bicyclic) bond motifs is 1.